The second-order valence-corrected chi connectivity index (χ2v) is 9.02. The van der Waals surface area contributed by atoms with Gasteiger partial charge in [0, 0.05) is 17.8 Å². The number of hydrogen-bond acceptors (Lipinski definition) is 6. The smallest absolute Gasteiger partial charge is 0.362 e. The molecule has 40 heavy (non-hydrogen) atoms. The first kappa shape index (κ1) is 24.5. The largest absolute Gasteiger partial charge is 0.382 e. The van der Waals surface area contributed by atoms with E-state index in [0.717, 1.165) is 0 Å². The van der Waals surface area contributed by atoms with Crippen LogP contribution in [-0.4, -0.2) is 30.5 Å². The number of carbonyl (C=O) groups excluding carboxylic acids is 1. The first-order chi connectivity index (χ1) is 19.5. The lowest BCUT2D eigenvalue weighted by Gasteiger charge is -2.19. The summed E-state index contributed by atoms with van der Waals surface area (Å²) in [7, 11) is 0. The van der Waals surface area contributed by atoms with Gasteiger partial charge in [0.2, 0.25) is 0 Å². The van der Waals surface area contributed by atoms with Gasteiger partial charge in [-0.25, -0.2) is 15.1 Å². The molecular weight excluding hydrogens is 504 g/mol. The third kappa shape index (κ3) is 4.41. The van der Waals surface area contributed by atoms with E-state index in [2.05, 4.69) is 32.2 Å². The van der Waals surface area contributed by atoms with Crippen LogP contribution in [0.3, 0.4) is 0 Å². The van der Waals surface area contributed by atoms with Gasteiger partial charge in [-0.15, -0.1) is 4.52 Å². The number of benzene rings is 2. The summed E-state index contributed by atoms with van der Waals surface area (Å²) in [5, 5.41) is 6.22. The topological polar surface area (TPSA) is 136 Å². The lowest BCUT2D eigenvalue weighted by atomic mass is 10.1. The standard InChI is InChI=1S/C30H22N8O2/c1-19(34-29(39)25-26(31)36-37-18-8-17-33-28(25)37)27-35-23-13-7-9-20(14-15-21-10-5-6-16-32-21)24(23)30(40)38(27)22-11-3-2-4-12-22/h2-13,16-19H,1H3,(H3,31,34,36,39)/p+1. The number of nitrogen functional groups attached to an aromatic ring is 1. The predicted molar refractivity (Wildman–Crippen MR) is 150 cm³/mol. The number of nitrogens with zero attached hydrogens (tertiary/aromatic N) is 5. The summed E-state index contributed by atoms with van der Waals surface area (Å²) in [5.74, 6) is 6.18. The number of para-hydroxylation sites is 1. The molecule has 0 aliphatic heterocycles. The van der Waals surface area contributed by atoms with Crippen LogP contribution in [0, 0.1) is 11.8 Å². The van der Waals surface area contributed by atoms with Gasteiger partial charge in [0.1, 0.15) is 23.9 Å². The van der Waals surface area contributed by atoms with Gasteiger partial charge < -0.3 is 11.1 Å². The molecule has 1 amide bonds. The van der Waals surface area contributed by atoms with Gasteiger partial charge in [-0.1, -0.05) is 36.3 Å². The highest BCUT2D eigenvalue weighted by molar-refractivity contribution is 6.03. The Morgan fingerprint density at radius 3 is 2.60 bits per heavy atom. The van der Waals surface area contributed by atoms with Crippen LogP contribution in [0.2, 0.25) is 0 Å². The first-order valence-corrected chi connectivity index (χ1v) is 12.5. The molecule has 0 bridgehead atoms. The molecule has 194 valence electrons. The minimum absolute atomic E-state index is 0.173. The van der Waals surface area contributed by atoms with Crippen LogP contribution in [0.25, 0.3) is 22.2 Å². The molecule has 10 nitrogen and oxygen atoms in total. The molecule has 0 aliphatic rings. The van der Waals surface area contributed by atoms with E-state index in [4.69, 9.17) is 10.7 Å². The summed E-state index contributed by atoms with van der Waals surface area (Å²) in [6, 6.07) is 21.0. The zero-order valence-electron chi connectivity index (χ0n) is 21.4. The van der Waals surface area contributed by atoms with Crippen LogP contribution in [0.4, 0.5) is 5.82 Å². The number of nitrogens with two attached hydrogens (primary N) is 1. The van der Waals surface area contributed by atoms with E-state index in [1.165, 1.54) is 4.57 Å². The number of nitrogens with one attached hydrogen (secondary N) is 2. The number of pyridine rings is 1. The number of anilines is 1. The van der Waals surface area contributed by atoms with E-state index in [0.29, 0.717) is 39.3 Å². The maximum atomic E-state index is 14.1. The van der Waals surface area contributed by atoms with E-state index in [1.54, 1.807) is 60.4 Å². The van der Waals surface area contributed by atoms with E-state index < -0.39 is 11.9 Å². The highest BCUT2D eigenvalue weighted by Gasteiger charge is 2.27. The summed E-state index contributed by atoms with van der Waals surface area (Å²) >= 11 is 0. The van der Waals surface area contributed by atoms with Crippen molar-refractivity contribution in [2.24, 2.45) is 0 Å². The Labute approximate surface area is 228 Å². The number of hydrogen-bond donors (Lipinski definition) is 3. The van der Waals surface area contributed by atoms with Crippen molar-refractivity contribution in [1.82, 2.24) is 29.9 Å². The van der Waals surface area contributed by atoms with Crippen LogP contribution >= 0.6 is 0 Å². The minimum Gasteiger partial charge on any atom is -0.382 e. The average Bonchev–Trinajstić information content (AvgIpc) is 3.32. The Bertz CT molecular complexity index is 2000. The van der Waals surface area contributed by atoms with Crippen molar-refractivity contribution in [2.75, 3.05) is 5.73 Å². The monoisotopic (exact) mass is 527 g/mol. The molecule has 0 aliphatic carbocycles. The Morgan fingerprint density at radius 1 is 1.00 bits per heavy atom. The third-order valence-electron chi connectivity index (χ3n) is 6.37. The van der Waals surface area contributed by atoms with Gasteiger partial charge in [-0.3, -0.25) is 14.2 Å². The second-order valence-electron chi connectivity index (χ2n) is 9.02. The summed E-state index contributed by atoms with van der Waals surface area (Å²) in [5.41, 5.74) is 8.58. The molecular formula is C30H23N8O2+. The fraction of sp³-hybridized carbons (Fsp3) is 0.0667. The van der Waals surface area contributed by atoms with Crippen LogP contribution in [-0.2, 0) is 0 Å². The van der Waals surface area contributed by atoms with Crippen molar-refractivity contribution >= 4 is 28.3 Å². The number of fused-ring (bicyclic) bond motifs is 2. The molecule has 4 heterocycles. The second kappa shape index (κ2) is 10.2. The number of aromatic nitrogens is 6. The highest BCUT2D eigenvalue weighted by Crippen LogP contribution is 2.21. The number of amides is 1. The molecule has 1 unspecified atom stereocenters. The number of carbonyl (C=O) groups is 1. The van der Waals surface area contributed by atoms with E-state index >= 15 is 0 Å². The Kier molecular flexibility index (Phi) is 6.22. The maximum absolute atomic E-state index is 14.1. The van der Waals surface area contributed by atoms with Gasteiger partial charge in [-0.05, 0) is 54.2 Å². The van der Waals surface area contributed by atoms with Crippen molar-refractivity contribution in [3.63, 3.8) is 0 Å². The normalized spacial score (nSPS) is 11.6. The van der Waals surface area contributed by atoms with Crippen molar-refractivity contribution < 1.29 is 9.31 Å². The van der Waals surface area contributed by atoms with Crippen LogP contribution in [0.1, 0.15) is 40.4 Å². The molecule has 0 saturated carbocycles. The fourth-order valence-corrected chi connectivity index (χ4v) is 4.55. The molecule has 6 aromatic rings. The summed E-state index contributed by atoms with van der Waals surface area (Å²) in [6.07, 6.45) is 4.96. The number of aromatic amines is 1. The maximum Gasteiger partial charge on any atom is 0.362 e. The first-order valence-electron chi connectivity index (χ1n) is 12.5. The van der Waals surface area contributed by atoms with Crippen molar-refractivity contribution in [1.29, 1.82) is 0 Å². The molecule has 10 heteroatoms. The van der Waals surface area contributed by atoms with Crippen LogP contribution in [0.5, 0.6) is 0 Å². The van der Waals surface area contributed by atoms with Gasteiger partial charge in [-0.2, -0.15) is 0 Å². The number of H-pyrrole nitrogens is 1. The van der Waals surface area contributed by atoms with Crippen molar-refractivity contribution in [2.45, 2.75) is 13.0 Å². The van der Waals surface area contributed by atoms with Gasteiger partial charge in [0.05, 0.1) is 22.6 Å². The van der Waals surface area contributed by atoms with Crippen molar-refractivity contribution in [3.05, 3.63) is 124 Å². The summed E-state index contributed by atoms with van der Waals surface area (Å²) in [6.45, 7) is 1.77. The summed E-state index contributed by atoms with van der Waals surface area (Å²) < 4.78 is 3.07. The molecule has 2 aromatic carbocycles. The highest BCUT2D eigenvalue weighted by atomic mass is 16.2. The molecule has 4 aromatic heterocycles. The fourth-order valence-electron chi connectivity index (χ4n) is 4.55. The Balaban J connectivity index is 1.48. The zero-order valence-corrected chi connectivity index (χ0v) is 21.4. The van der Waals surface area contributed by atoms with E-state index in [1.807, 2.05) is 42.5 Å². The minimum atomic E-state index is -0.675. The number of rotatable bonds is 4. The SMILES string of the molecule is CC(NC(=O)c1c(N)[nH][n+]2cccnc12)c1nc2cccc(C#Cc3ccccn3)c2c(=O)n1-c1ccccc1. The molecule has 0 saturated heterocycles. The molecule has 4 N–H and O–H groups in total. The van der Waals surface area contributed by atoms with Gasteiger partial charge in [0.15, 0.2) is 11.4 Å². The van der Waals surface area contributed by atoms with Crippen LogP contribution in [0.15, 0.2) is 96.2 Å². The third-order valence-corrected chi connectivity index (χ3v) is 6.37. The zero-order chi connectivity index (χ0) is 27.6. The van der Waals surface area contributed by atoms with Crippen LogP contribution < -0.4 is 21.1 Å². The van der Waals surface area contributed by atoms with Crippen molar-refractivity contribution in [3.8, 4) is 17.5 Å². The summed E-state index contributed by atoms with van der Waals surface area (Å²) in [4.78, 5) is 40.9. The molecule has 1 atom stereocenters. The van der Waals surface area contributed by atoms with Gasteiger partial charge in [0.25, 0.3) is 11.5 Å². The molecule has 0 fully saturated rings. The lowest BCUT2D eigenvalue weighted by molar-refractivity contribution is -0.577. The van der Waals surface area contributed by atoms with Gasteiger partial charge >= 0.3 is 5.65 Å². The van der Waals surface area contributed by atoms with E-state index in [9.17, 15) is 9.59 Å². The Hall–Kier alpha value is -5.82. The Morgan fingerprint density at radius 2 is 1.80 bits per heavy atom. The molecule has 0 spiro atoms. The predicted octanol–water partition coefficient (Wildman–Crippen LogP) is 2.72. The quantitative estimate of drug-likeness (QED) is 0.238. The molecule has 0 radical (unpaired) electrons. The average molecular weight is 528 g/mol. The molecule has 6 rings (SSSR count). The lowest BCUT2D eigenvalue weighted by Crippen LogP contribution is -2.34. The van der Waals surface area contributed by atoms with E-state index in [-0.39, 0.29) is 16.9 Å².